The van der Waals surface area contributed by atoms with Crippen molar-refractivity contribution in [3.05, 3.63) is 65.7 Å². The molecule has 0 aliphatic carbocycles. The topological polar surface area (TPSA) is 66.4 Å². The summed E-state index contributed by atoms with van der Waals surface area (Å²) in [5, 5.41) is 12.3. The number of hydrogen-bond donors (Lipinski definition) is 2. The molecule has 0 bridgehead atoms. The molecule has 2 rings (SSSR count). The third kappa shape index (κ3) is 4.04. The van der Waals surface area contributed by atoms with E-state index in [-0.39, 0.29) is 23.0 Å². The highest BCUT2D eigenvalue weighted by Gasteiger charge is 2.09. The first-order chi connectivity index (χ1) is 10.1. The number of phenols is 1. The lowest BCUT2D eigenvalue weighted by Crippen LogP contribution is -2.06. The largest absolute Gasteiger partial charge is 0.507 e. The molecule has 4 nitrogen and oxygen atoms in total. The van der Waals surface area contributed by atoms with E-state index < -0.39 is 0 Å². The monoisotopic (exact) mass is 281 g/mol. The number of allylic oxidation sites excluding steroid dienone is 1. The number of aromatic hydroxyl groups is 1. The summed E-state index contributed by atoms with van der Waals surface area (Å²) in [6, 6.07) is 13.8. The standard InChI is InChI=1S/C17H15NO3/c1-12(19)18-14-8-10-17(21)15(11-14)16(20)9-7-13-5-3-2-4-6-13/h2-11,21H,1H3,(H,18,19)/b9-7+. The van der Waals surface area contributed by atoms with E-state index in [4.69, 9.17) is 0 Å². The molecule has 2 aromatic rings. The van der Waals surface area contributed by atoms with E-state index in [2.05, 4.69) is 5.32 Å². The number of carbonyl (C=O) groups is 2. The molecular weight excluding hydrogens is 266 g/mol. The maximum Gasteiger partial charge on any atom is 0.221 e. The highest BCUT2D eigenvalue weighted by Crippen LogP contribution is 2.22. The van der Waals surface area contributed by atoms with E-state index in [1.807, 2.05) is 30.3 Å². The van der Waals surface area contributed by atoms with Crippen LogP contribution in [0.1, 0.15) is 22.8 Å². The number of carbonyl (C=O) groups excluding carboxylic acids is 2. The van der Waals surface area contributed by atoms with Gasteiger partial charge in [0.1, 0.15) is 5.75 Å². The van der Waals surface area contributed by atoms with Crippen LogP contribution in [-0.4, -0.2) is 16.8 Å². The zero-order valence-electron chi connectivity index (χ0n) is 11.5. The van der Waals surface area contributed by atoms with E-state index in [1.165, 1.54) is 31.2 Å². The fourth-order valence-corrected chi connectivity index (χ4v) is 1.84. The molecule has 21 heavy (non-hydrogen) atoms. The van der Waals surface area contributed by atoms with Gasteiger partial charge in [-0.2, -0.15) is 0 Å². The van der Waals surface area contributed by atoms with E-state index in [1.54, 1.807) is 6.08 Å². The molecule has 0 aliphatic heterocycles. The van der Waals surface area contributed by atoms with Crippen LogP contribution in [0.15, 0.2) is 54.6 Å². The Morgan fingerprint density at radius 1 is 1.10 bits per heavy atom. The van der Waals surface area contributed by atoms with Crippen LogP contribution in [0.25, 0.3) is 6.08 Å². The molecule has 0 aliphatic rings. The molecule has 0 saturated heterocycles. The summed E-state index contributed by atoms with van der Waals surface area (Å²) in [6.45, 7) is 1.38. The molecule has 106 valence electrons. The van der Waals surface area contributed by atoms with Gasteiger partial charge in [0.2, 0.25) is 5.91 Å². The van der Waals surface area contributed by atoms with Gasteiger partial charge < -0.3 is 10.4 Å². The molecule has 0 atom stereocenters. The van der Waals surface area contributed by atoms with Gasteiger partial charge in [-0.15, -0.1) is 0 Å². The Kier molecular flexibility index (Phi) is 4.51. The summed E-state index contributed by atoms with van der Waals surface area (Å²) in [4.78, 5) is 23.1. The average Bonchev–Trinajstić information content (AvgIpc) is 2.47. The molecule has 0 aromatic heterocycles. The Morgan fingerprint density at radius 3 is 2.48 bits per heavy atom. The lowest BCUT2D eigenvalue weighted by Gasteiger charge is -2.05. The van der Waals surface area contributed by atoms with E-state index in [9.17, 15) is 14.7 Å². The number of benzene rings is 2. The van der Waals surface area contributed by atoms with Crippen LogP contribution in [0.5, 0.6) is 5.75 Å². The predicted molar refractivity (Wildman–Crippen MR) is 82.2 cm³/mol. The second-order valence-corrected chi connectivity index (χ2v) is 4.52. The van der Waals surface area contributed by atoms with Crippen LogP contribution in [0.4, 0.5) is 5.69 Å². The Balaban J connectivity index is 2.22. The molecule has 0 unspecified atom stereocenters. The Labute approximate surface area is 122 Å². The number of ketones is 1. The predicted octanol–water partition coefficient (Wildman–Crippen LogP) is 3.25. The minimum absolute atomic E-state index is 0.119. The summed E-state index contributed by atoms with van der Waals surface area (Å²) in [7, 11) is 0. The summed E-state index contributed by atoms with van der Waals surface area (Å²) in [5.41, 5.74) is 1.51. The summed E-state index contributed by atoms with van der Waals surface area (Å²) >= 11 is 0. The van der Waals surface area contributed by atoms with E-state index in [0.717, 1.165) is 5.56 Å². The van der Waals surface area contributed by atoms with Crippen LogP contribution in [0, 0.1) is 0 Å². The van der Waals surface area contributed by atoms with Crippen molar-refractivity contribution < 1.29 is 14.7 Å². The minimum Gasteiger partial charge on any atom is -0.507 e. The number of anilines is 1. The maximum atomic E-state index is 12.1. The van der Waals surface area contributed by atoms with Crippen molar-refractivity contribution in [1.29, 1.82) is 0 Å². The zero-order valence-corrected chi connectivity index (χ0v) is 11.5. The van der Waals surface area contributed by atoms with Crippen molar-refractivity contribution in [3.8, 4) is 5.75 Å². The van der Waals surface area contributed by atoms with Crippen molar-refractivity contribution in [1.82, 2.24) is 0 Å². The van der Waals surface area contributed by atoms with Crippen molar-refractivity contribution in [2.75, 3.05) is 5.32 Å². The number of phenolic OH excluding ortho intramolecular Hbond substituents is 1. The molecule has 2 aromatic carbocycles. The van der Waals surface area contributed by atoms with Crippen molar-refractivity contribution in [3.63, 3.8) is 0 Å². The molecule has 1 amide bonds. The van der Waals surface area contributed by atoms with Crippen LogP contribution < -0.4 is 5.32 Å². The molecule has 0 heterocycles. The Hall–Kier alpha value is -2.88. The Bertz CT molecular complexity index is 690. The Morgan fingerprint density at radius 2 is 1.81 bits per heavy atom. The van der Waals surface area contributed by atoms with Gasteiger partial charge >= 0.3 is 0 Å². The van der Waals surface area contributed by atoms with Gasteiger partial charge in [-0.25, -0.2) is 0 Å². The van der Waals surface area contributed by atoms with E-state index in [0.29, 0.717) is 5.69 Å². The first-order valence-electron chi connectivity index (χ1n) is 6.44. The molecule has 2 N–H and O–H groups in total. The molecule has 0 radical (unpaired) electrons. The van der Waals surface area contributed by atoms with Crippen LogP contribution in [0.3, 0.4) is 0 Å². The highest BCUT2D eigenvalue weighted by atomic mass is 16.3. The van der Waals surface area contributed by atoms with Crippen LogP contribution in [-0.2, 0) is 4.79 Å². The van der Waals surface area contributed by atoms with Gasteiger partial charge in [-0.3, -0.25) is 9.59 Å². The van der Waals surface area contributed by atoms with Crippen LogP contribution in [0.2, 0.25) is 0 Å². The lowest BCUT2D eigenvalue weighted by atomic mass is 10.1. The molecule has 0 fully saturated rings. The number of amides is 1. The SMILES string of the molecule is CC(=O)Nc1ccc(O)c(C(=O)/C=C/c2ccccc2)c1. The fraction of sp³-hybridized carbons (Fsp3) is 0.0588. The van der Waals surface area contributed by atoms with Gasteiger partial charge in [-0.1, -0.05) is 36.4 Å². The normalized spacial score (nSPS) is 10.5. The average molecular weight is 281 g/mol. The summed E-state index contributed by atoms with van der Waals surface area (Å²) < 4.78 is 0. The lowest BCUT2D eigenvalue weighted by molar-refractivity contribution is -0.114. The van der Waals surface area contributed by atoms with Gasteiger partial charge in [-0.05, 0) is 29.8 Å². The van der Waals surface area contributed by atoms with E-state index >= 15 is 0 Å². The summed E-state index contributed by atoms with van der Waals surface area (Å²) in [6.07, 6.45) is 3.06. The van der Waals surface area contributed by atoms with Gasteiger partial charge in [0.05, 0.1) is 5.56 Å². The number of nitrogens with one attached hydrogen (secondary N) is 1. The van der Waals surface area contributed by atoms with Crippen molar-refractivity contribution >= 4 is 23.5 Å². The molecule has 4 heteroatoms. The molecule has 0 saturated carbocycles. The number of hydrogen-bond acceptors (Lipinski definition) is 3. The van der Waals surface area contributed by atoms with Gasteiger partial charge in [0, 0.05) is 12.6 Å². The third-order valence-corrected chi connectivity index (χ3v) is 2.81. The molecular formula is C17H15NO3. The summed E-state index contributed by atoms with van der Waals surface area (Å²) in [5.74, 6) is -0.686. The van der Waals surface area contributed by atoms with Gasteiger partial charge in [0.25, 0.3) is 0 Å². The van der Waals surface area contributed by atoms with Crippen molar-refractivity contribution in [2.45, 2.75) is 6.92 Å². The van der Waals surface area contributed by atoms with Gasteiger partial charge in [0.15, 0.2) is 5.78 Å². The maximum absolute atomic E-state index is 12.1. The quantitative estimate of drug-likeness (QED) is 0.513. The fourth-order valence-electron chi connectivity index (χ4n) is 1.84. The smallest absolute Gasteiger partial charge is 0.221 e. The highest BCUT2D eigenvalue weighted by molar-refractivity contribution is 6.09. The zero-order chi connectivity index (χ0) is 15.2. The second-order valence-electron chi connectivity index (χ2n) is 4.52. The third-order valence-electron chi connectivity index (χ3n) is 2.81. The number of rotatable bonds is 4. The first kappa shape index (κ1) is 14.5. The minimum atomic E-state index is -0.330. The van der Waals surface area contributed by atoms with Crippen LogP contribution >= 0.6 is 0 Å². The van der Waals surface area contributed by atoms with Crippen molar-refractivity contribution in [2.24, 2.45) is 0 Å². The first-order valence-corrected chi connectivity index (χ1v) is 6.44. The molecule has 0 spiro atoms. The second kappa shape index (κ2) is 6.52.